The Morgan fingerprint density at radius 2 is 1.53 bits per heavy atom. The second-order valence-electron chi connectivity index (χ2n) is 10.5. The largest absolute Gasteiger partial charge is 0.492 e. The minimum Gasteiger partial charge on any atom is -0.492 e. The predicted molar refractivity (Wildman–Crippen MR) is 118 cm³/mol. The van der Waals surface area contributed by atoms with Gasteiger partial charge in [-0.1, -0.05) is 18.2 Å². The van der Waals surface area contributed by atoms with Gasteiger partial charge in [0.15, 0.2) is 0 Å². The number of hydrogen-bond donors (Lipinski definition) is 1. The van der Waals surface area contributed by atoms with Crippen LogP contribution in [0.3, 0.4) is 0 Å². The molecule has 0 unspecified atom stereocenters. The van der Waals surface area contributed by atoms with Crippen molar-refractivity contribution in [2.24, 2.45) is 23.2 Å². The second-order valence-corrected chi connectivity index (χ2v) is 10.5. The van der Waals surface area contributed by atoms with Crippen LogP contribution in [0, 0.1) is 23.2 Å². The van der Waals surface area contributed by atoms with E-state index < -0.39 is 0 Å². The molecule has 5 heteroatoms. The zero-order chi connectivity index (χ0) is 20.4. The van der Waals surface area contributed by atoms with E-state index in [0.29, 0.717) is 12.0 Å². The number of ether oxygens (including phenoxy) is 1. The smallest absolute Gasteiger partial charge is 0.234 e. The van der Waals surface area contributed by atoms with E-state index in [4.69, 9.17) is 4.74 Å². The van der Waals surface area contributed by atoms with Crippen LogP contribution < -0.4 is 10.1 Å². The number of piperazine rings is 1. The van der Waals surface area contributed by atoms with Gasteiger partial charge in [-0.3, -0.25) is 14.6 Å². The van der Waals surface area contributed by atoms with Gasteiger partial charge < -0.3 is 10.1 Å². The van der Waals surface area contributed by atoms with Gasteiger partial charge in [-0.2, -0.15) is 0 Å². The Bertz CT molecular complexity index is 679. The Morgan fingerprint density at radius 3 is 2.17 bits per heavy atom. The number of rotatable bonds is 8. The lowest BCUT2D eigenvalue weighted by molar-refractivity contribution is -0.124. The van der Waals surface area contributed by atoms with Gasteiger partial charge in [-0.05, 0) is 73.8 Å². The summed E-state index contributed by atoms with van der Waals surface area (Å²) in [6.07, 6.45) is 8.49. The molecule has 4 aliphatic carbocycles. The molecule has 1 aromatic carbocycles. The summed E-state index contributed by atoms with van der Waals surface area (Å²) < 4.78 is 5.81. The van der Waals surface area contributed by atoms with Crippen LogP contribution in [-0.4, -0.2) is 68.1 Å². The van der Waals surface area contributed by atoms with Crippen LogP contribution in [0.15, 0.2) is 30.3 Å². The average molecular weight is 412 g/mol. The maximum atomic E-state index is 12.6. The van der Waals surface area contributed by atoms with E-state index in [1.165, 1.54) is 38.5 Å². The average Bonchev–Trinajstić information content (AvgIpc) is 2.74. The highest BCUT2D eigenvalue weighted by atomic mass is 16.5. The molecule has 5 aliphatic rings. The van der Waals surface area contributed by atoms with Crippen molar-refractivity contribution < 1.29 is 9.53 Å². The molecule has 1 aliphatic heterocycles. The van der Waals surface area contributed by atoms with Crippen LogP contribution in [0.2, 0.25) is 0 Å². The SMILES string of the molecule is O=C(CN1CCN(CCOc2ccccc2)CC1)NCC12CC3CC(CC(C3)C1)C2. The molecule has 1 heterocycles. The number of nitrogens with one attached hydrogen (secondary N) is 1. The normalized spacial score (nSPS) is 33.5. The first-order chi connectivity index (χ1) is 14.7. The fourth-order valence-electron chi connectivity index (χ4n) is 7.03. The molecule has 5 fully saturated rings. The number of amides is 1. The van der Waals surface area contributed by atoms with Crippen molar-refractivity contribution >= 4 is 5.91 Å². The molecule has 0 aromatic heterocycles. The first kappa shape index (κ1) is 20.3. The summed E-state index contributed by atoms with van der Waals surface area (Å²) in [4.78, 5) is 17.4. The van der Waals surface area contributed by atoms with Gasteiger partial charge in [0, 0.05) is 39.3 Å². The summed E-state index contributed by atoms with van der Waals surface area (Å²) >= 11 is 0. The lowest BCUT2D eigenvalue weighted by Gasteiger charge is -2.57. The minimum absolute atomic E-state index is 0.228. The Labute approximate surface area is 181 Å². The molecule has 1 aromatic rings. The number of hydrogen-bond acceptors (Lipinski definition) is 4. The fourth-order valence-corrected chi connectivity index (χ4v) is 7.03. The molecule has 0 atom stereocenters. The molecule has 4 bridgehead atoms. The molecule has 1 N–H and O–H groups in total. The van der Waals surface area contributed by atoms with E-state index in [1.54, 1.807) is 0 Å². The summed E-state index contributed by atoms with van der Waals surface area (Å²) in [5.41, 5.74) is 0.432. The fraction of sp³-hybridized carbons (Fsp3) is 0.720. The van der Waals surface area contributed by atoms with Gasteiger partial charge in [-0.25, -0.2) is 0 Å². The van der Waals surface area contributed by atoms with Crippen molar-refractivity contribution in [2.75, 3.05) is 52.4 Å². The number of nitrogens with zero attached hydrogens (tertiary/aromatic N) is 2. The number of carbonyl (C=O) groups excluding carboxylic acids is 1. The highest BCUT2D eigenvalue weighted by molar-refractivity contribution is 5.78. The van der Waals surface area contributed by atoms with E-state index in [1.807, 2.05) is 30.3 Å². The second kappa shape index (κ2) is 8.88. The molecule has 1 amide bonds. The Hall–Kier alpha value is -1.59. The predicted octanol–water partition coefficient (Wildman–Crippen LogP) is 3.02. The molecular formula is C25H37N3O2. The quantitative estimate of drug-likeness (QED) is 0.714. The number of para-hydroxylation sites is 1. The third-order valence-corrected chi connectivity index (χ3v) is 8.08. The van der Waals surface area contributed by atoms with Crippen LogP contribution in [-0.2, 0) is 4.79 Å². The van der Waals surface area contributed by atoms with Crippen molar-refractivity contribution in [1.29, 1.82) is 0 Å². The third-order valence-electron chi connectivity index (χ3n) is 8.08. The highest BCUT2D eigenvalue weighted by Crippen LogP contribution is 2.59. The number of benzene rings is 1. The van der Waals surface area contributed by atoms with Crippen LogP contribution in [0.4, 0.5) is 0 Å². The molecule has 30 heavy (non-hydrogen) atoms. The van der Waals surface area contributed by atoms with E-state index in [2.05, 4.69) is 15.1 Å². The summed E-state index contributed by atoms with van der Waals surface area (Å²) in [6, 6.07) is 10.0. The van der Waals surface area contributed by atoms with Gasteiger partial charge >= 0.3 is 0 Å². The summed E-state index contributed by atoms with van der Waals surface area (Å²) in [5, 5.41) is 3.34. The Balaban J connectivity index is 0.992. The summed E-state index contributed by atoms with van der Waals surface area (Å²) in [6.45, 7) is 7.11. The molecule has 164 valence electrons. The first-order valence-electron chi connectivity index (χ1n) is 12.1. The van der Waals surface area contributed by atoms with Gasteiger partial charge in [0.25, 0.3) is 0 Å². The van der Waals surface area contributed by atoms with Crippen LogP contribution in [0.5, 0.6) is 5.75 Å². The molecule has 6 rings (SSSR count). The Morgan fingerprint density at radius 1 is 0.933 bits per heavy atom. The lowest BCUT2D eigenvalue weighted by atomic mass is 9.49. The molecule has 0 radical (unpaired) electrons. The number of carbonyl (C=O) groups is 1. The van der Waals surface area contributed by atoms with Gasteiger partial charge in [0.1, 0.15) is 12.4 Å². The molecular weight excluding hydrogens is 374 g/mol. The van der Waals surface area contributed by atoms with Crippen molar-refractivity contribution in [2.45, 2.75) is 38.5 Å². The molecule has 4 saturated carbocycles. The van der Waals surface area contributed by atoms with Gasteiger partial charge in [0.2, 0.25) is 5.91 Å². The van der Waals surface area contributed by atoms with Crippen LogP contribution in [0.25, 0.3) is 0 Å². The molecule has 0 spiro atoms. The van der Waals surface area contributed by atoms with Crippen molar-refractivity contribution in [1.82, 2.24) is 15.1 Å². The van der Waals surface area contributed by atoms with Crippen molar-refractivity contribution in [3.63, 3.8) is 0 Å². The first-order valence-corrected chi connectivity index (χ1v) is 12.1. The van der Waals surface area contributed by atoms with Crippen LogP contribution in [0.1, 0.15) is 38.5 Å². The van der Waals surface area contributed by atoms with E-state index >= 15 is 0 Å². The van der Waals surface area contributed by atoms with Crippen LogP contribution >= 0.6 is 0 Å². The topological polar surface area (TPSA) is 44.8 Å². The van der Waals surface area contributed by atoms with E-state index in [9.17, 15) is 4.79 Å². The third kappa shape index (κ3) is 4.83. The Kier molecular flexibility index (Phi) is 6.01. The van der Waals surface area contributed by atoms with E-state index in [-0.39, 0.29) is 5.91 Å². The zero-order valence-electron chi connectivity index (χ0n) is 18.2. The molecule has 5 nitrogen and oxygen atoms in total. The van der Waals surface area contributed by atoms with Gasteiger partial charge in [0.05, 0.1) is 6.54 Å². The zero-order valence-corrected chi connectivity index (χ0v) is 18.2. The van der Waals surface area contributed by atoms with E-state index in [0.717, 1.165) is 69.4 Å². The van der Waals surface area contributed by atoms with Gasteiger partial charge in [-0.15, -0.1) is 0 Å². The maximum Gasteiger partial charge on any atom is 0.234 e. The minimum atomic E-state index is 0.228. The summed E-state index contributed by atoms with van der Waals surface area (Å²) in [5.74, 6) is 4.02. The monoisotopic (exact) mass is 411 g/mol. The van der Waals surface area contributed by atoms with Crippen molar-refractivity contribution in [3.8, 4) is 5.75 Å². The lowest BCUT2D eigenvalue weighted by Crippen LogP contribution is -2.53. The highest BCUT2D eigenvalue weighted by Gasteiger charge is 2.50. The summed E-state index contributed by atoms with van der Waals surface area (Å²) in [7, 11) is 0. The molecule has 1 saturated heterocycles. The maximum absolute atomic E-state index is 12.6. The standard InChI is InChI=1S/C25H37N3O2/c29-24(26-19-25-15-20-12-21(16-25)14-22(13-20)17-25)18-28-8-6-27(7-9-28)10-11-30-23-4-2-1-3-5-23/h1-5,20-22H,6-19H2,(H,26,29). The van der Waals surface area contributed by atoms with Crippen molar-refractivity contribution in [3.05, 3.63) is 30.3 Å².